The fourth-order valence-corrected chi connectivity index (χ4v) is 2.78. The summed E-state index contributed by atoms with van der Waals surface area (Å²) in [5.74, 6) is 0.121. The number of carbonyl (C=O) groups excluding carboxylic acids is 2. The van der Waals surface area contributed by atoms with E-state index in [9.17, 15) is 9.59 Å². The van der Waals surface area contributed by atoms with Gasteiger partial charge in [-0.2, -0.15) is 0 Å². The number of piperidine rings is 1. The molecule has 0 spiro atoms. The Labute approximate surface area is 131 Å². The minimum atomic E-state index is -0.278. The Morgan fingerprint density at radius 1 is 1.45 bits per heavy atom. The molecule has 0 bridgehead atoms. The highest BCUT2D eigenvalue weighted by molar-refractivity contribution is 5.95. The summed E-state index contributed by atoms with van der Waals surface area (Å²) in [4.78, 5) is 29.5. The van der Waals surface area contributed by atoms with Crippen LogP contribution < -0.4 is 11.1 Å². The molecule has 22 heavy (non-hydrogen) atoms. The van der Waals surface area contributed by atoms with E-state index < -0.39 is 0 Å². The molecule has 3 N–H and O–H groups in total. The lowest BCUT2D eigenvalue weighted by Gasteiger charge is -2.34. The van der Waals surface area contributed by atoms with E-state index >= 15 is 0 Å². The largest absolute Gasteiger partial charge is 0.368 e. The molecule has 1 unspecified atom stereocenters. The van der Waals surface area contributed by atoms with Crippen LogP contribution in [0.5, 0.6) is 0 Å². The Morgan fingerprint density at radius 3 is 2.73 bits per heavy atom. The maximum absolute atomic E-state index is 12.2. The number of hydrogen-bond acceptors (Lipinski definition) is 4. The van der Waals surface area contributed by atoms with Crippen molar-refractivity contribution in [2.45, 2.75) is 32.7 Å². The van der Waals surface area contributed by atoms with Crippen LogP contribution in [0, 0.1) is 12.8 Å². The Morgan fingerprint density at radius 2 is 2.14 bits per heavy atom. The summed E-state index contributed by atoms with van der Waals surface area (Å²) in [6.45, 7) is 6.08. The Kier molecular flexibility index (Phi) is 5.49. The molecule has 1 aliphatic heterocycles. The SMILES string of the molecule is Cc1cnccc1C(=O)NCC1CCN(C(C)C(N)=O)CC1. The van der Waals surface area contributed by atoms with Crippen molar-refractivity contribution in [2.75, 3.05) is 19.6 Å². The summed E-state index contributed by atoms with van der Waals surface area (Å²) in [7, 11) is 0. The number of pyridine rings is 1. The lowest BCUT2D eigenvalue weighted by atomic mass is 9.95. The molecule has 1 aromatic rings. The number of likely N-dealkylation sites (tertiary alicyclic amines) is 1. The summed E-state index contributed by atoms with van der Waals surface area (Å²) in [5, 5.41) is 3.00. The number of rotatable bonds is 5. The Bertz CT molecular complexity index is 539. The molecule has 1 aromatic heterocycles. The van der Waals surface area contributed by atoms with Crippen LogP contribution in [0.3, 0.4) is 0 Å². The third kappa shape index (κ3) is 4.04. The maximum Gasteiger partial charge on any atom is 0.251 e. The summed E-state index contributed by atoms with van der Waals surface area (Å²) in [6.07, 6.45) is 5.25. The number of nitrogens with one attached hydrogen (secondary N) is 1. The molecule has 0 radical (unpaired) electrons. The third-order valence-electron chi connectivity index (χ3n) is 4.42. The second kappa shape index (κ2) is 7.35. The van der Waals surface area contributed by atoms with Gasteiger partial charge in [-0.25, -0.2) is 0 Å². The van der Waals surface area contributed by atoms with Crippen molar-refractivity contribution in [1.29, 1.82) is 0 Å². The zero-order valence-corrected chi connectivity index (χ0v) is 13.2. The fourth-order valence-electron chi connectivity index (χ4n) is 2.78. The molecule has 1 atom stereocenters. The van der Waals surface area contributed by atoms with Crippen LogP contribution in [0.2, 0.25) is 0 Å². The maximum atomic E-state index is 12.2. The number of aromatic nitrogens is 1. The van der Waals surface area contributed by atoms with Gasteiger partial charge in [0.15, 0.2) is 0 Å². The van der Waals surface area contributed by atoms with Gasteiger partial charge in [0.2, 0.25) is 5.91 Å². The monoisotopic (exact) mass is 304 g/mol. The molecule has 1 aliphatic rings. The van der Waals surface area contributed by atoms with Crippen LogP contribution in [-0.2, 0) is 4.79 Å². The lowest BCUT2D eigenvalue weighted by molar-refractivity contribution is -0.123. The Balaban J connectivity index is 1.79. The molecular weight excluding hydrogens is 280 g/mol. The van der Waals surface area contributed by atoms with E-state index in [1.54, 1.807) is 18.5 Å². The van der Waals surface area contributed by atoms with Crippen molar-refractivity contribution >= 4 is 11.8 Å². The number of hydrogen-bond donors (Lipinski definition) is 2. The average Bonchev–Trinajstić information content (AvgIpc) is 2.52. The molecule has 120 valence electrons. The first kappa shape index (κ1) is 16.4. The molecule has 2 heterocycles. The molecule has 6 nitrogen and oxygen atoms in total. The van der Waals surface area contributed by atoms with E-state index in [0.29, 0.717) is 18.0 Å². The van der Waals surface area contributed by atoms with Gasteiger partial charge >= 0.3 is 0 Å². The van der Waals surface area contributed by atoms with Gasteiger partial charge in [-0.1, -0.05) is 0 Å². The number of primary amides is 1. The quantitative estimate of drug-likeness (QED) is 0.838. The Hall–Kier alpha value is -1.95. The van der Waals surface area contributed by atoms with Crippen LogP contribution in [-0.4, -0.2) is 47.4 Å². The van der Waals surface area contributed by atoms with Crippen molar-refractivity contribution in [2.24, 2.45) is 11.7 Å². The highest BCUT2D eigenvalue weighted by Gasteiger charge is 2.25. The first-order valence-electron chi connectivity index (χ1n) is 7.71. The second-order valence-electron chi connectivity index (χ2n) is 5.96. The van der Waals surface area contributed by atoms with E-state index in [-0.39, 0.29) is 17.9 Å². The van der Waals surface area contributed by atoms with Gasteiger partial charge in [0.1, 0.15) is 0 Å². The molecule has 0 aliphatic carbocycles. The van der Waals surface area contributed by atoms with Crippen molar-refractivity contribution in [3.63, 3.8) is 0 Å². The van der Waals surface area contributed by atoms with E-state index in [1.165, 1.54) is 0 Å². The first-order valence-corrected chi connectivity index (χ1v) is 7.71. The van der Waals surface area contributed by atoms with E-state index in [2.05, 4.69) is 15.2 Å². The predicted octanol–water partition coefficient (Wildman–Crippen LogP) is 0.706. The second-order valence-corrected chi connectivity index (χ2v) is 5.96. The number of nitrogens with two attached hydrogens (primary N) is 1. The molecule has 0 aromatic carbocycles. The number of carbonyl (C=O) groups is 2. The minimum absolute atomic E-state index is 0.0483. The van der Waals surface area contributed by atoms with Crippen molar-refractivity contribution in [1.82, 2.24) is 15.2 Å². The molecule has 2 rings (SSSR count). The predicted molar refractivity (Wildman–Crippen MR) is 84.3 cm³/mol. The highest BCUT2D eigenvalue weighted by Crippen LogP contribution is 2.18. The molecule has 0 saturated carbocycles. The van der Waals surface area contributed by atoms with Crippen LogP contribution >= 0.6 is 0 Å². The highest BCUT2D eigenvalue weighted by atomic mass is 16.2. The van der Waals surface area contributed by atoms with Gasteiger partial charge in [0.05, 0.1) is 6.04 Å². The van der Waals surface area contributed by atoms with Gasteiger partial charge in [-0.15, -0.1) is 0 Å². The third-order valence-corrected chi connectivity index (χ3v) is 4.42. The van der Waals surface area contributed by atoms with Crippen LogP contribution in [0.25, 0.3) is 0 Å². The van der Waals surface area contributed by atoms with Crippen LogP contribution in [0.4, 0.5) is 0 Å². The summed E-state index contributed by atoms with van der Waals surface area (Å²) >= 11 is 0. The minimum Gasteiger partial charge on any atom is -0.368 e. The van der Waals surface area contributed by atoms with Crippen molar-refractivity contribution in [3.8, 4) is 0 Å². The topological polar surface area (TPSA) is 88.3 Å². The van der Waals surface area contributed by atoms with Gasteiger partial charge in [-0.3, -0.25) is 19.5 Å². The standard InChI is InChI=1S/C16H24N4O2/c1-11-9-18-6-3-14(11)16(22)19-10-13-4-7-20(8-5-13)12(2)15(17)21/h3,6,9,12-13H,4-5,7-8,10H2,1-2H3,(H2,17,21)(H,19,22). The number of nitrogens with zero attached hydrogens (tertiary/aromatic N) is 2. The summed E-state index contributed by atoms with van der Waals surface area (Å²) in [5.41, 5.74) is 6.89. The summed E-state index contributed by atoms with van der Waals surface area (Å²) in [6, 6.07) is 1.52. The zero-order valence-electron chi connectivity index (χ0n) is 13.2. The molecule has 2 amide bonds. The molecule has 1 saturated heterocycles. The van der Waals surface area contributed by atoms with Crippen LogP contribution in [0.1, 0.15) is 35.7 Å². The number of amides is 2. The fraction of sp³-hybridized carbons (Fsp3) is 0.562. The zero-order chi connectivity index (χ0) is 16.1. The molecule has 6 heteroatoms. The average molecular weight is 304 g/mol. The van der Waals surface area contributed by atoms with Crippen LogP contribution in [0.15, 0.2) is 18.5 Å². The van der Waals surface area contributed by atoms with Gasteiger partial charge < -0.3 is 11.1 Å². The molecular formula is C16H24N4O2. The lowest BCUT2D eigenvalue weighted by Crippen LogP contribution is -2.47. The van der Waals surface area contributed by atoms with E-state index in [4.69, 9.17) is 5.73 Å². The summed E-state index contributed by atoms with van der Waals surface area (Å²) < 4.78 is 0. The van der Waals surface area contributed by atoms with E-state index in [0.717, 1.165) is 31.5 Å². The van der Waals surface area contributed by atoms with Crippen molar-refractivity contribution < 1.29 is 9.59 Å². The van der Waals surface area contributed by atoms with Gasteiger partial charge in [0, 0.05) is 24.5 Å². The first-order chi connectivity index (χ1) is 10.5. The van der Waals surface area contributed by atoms with E-state index in [1.807, 2.05) is 13.8 Å². The van der Waals surface area contributed by atoms with Gasteiger partial charge in [-0.05, 0) is 57.3 Å². The normalized spacial score (nSPS) is 17.9. The molecule has 1 fully saturated rings. The smallest absolute Gasteiger partial charge is 0.251 e. The van der Waals surface area contributed by atoms with Gasteiger partial charge in [0.25, 0.3) is 5.91 Å². The van der Waals surface area contributed by atoms with Crippen molar-refractivity contribution in [3.05, 3.63) is 29.6 Å². The number of aryl methyl sites for hydroxylation is 1.